The number of amides is 2. The second-order valence-corrected chi connectivity index (χ2v) is 5.57. The number of hydrogen-bond acceptors (Lipinski definition) is 4. The van der Waals surface area contributed by atoms with Crippen molar-refractivity contribution in [2.24, 2.45) is 0 Å². The molecule has 1 N–H and O–H groups in total. The van der Waals surface area contributed by atoms with E-state index in [2.05, 4.69) is 5.32 Å². The number of nitrogens with one attached hydrogen (secondary N) is 1. The Kier molecular flexibility index (Phi) is 5.49. The van der Waals surface area contributed by atoms with Crippen LogP contribution < -0.4 is 5.32 Å². The Morgan fingerprint density at radius 2 is 1.50 bits per heavy atom. The molecule has 0 aliphatic rings. The van der Waals surface area contributed by atoms with Crippen molar-refractivity contribution in [3.8, 4) is 11.1 Å². The van der Waals surface area contributed by atoms with Crippen LogP contribution >= 0.6 is 11.8 Å². The lowest BCUT2D eigenvalue weighted by molar-refractivity contribution is -0.127. The molecule has 0 unspecified atom stereocenters. The smallest absolute Gasteiger partial charge is 0.237 e. The first kappa shape index (κ1) is 16.0. The zero-order valence-corrected chi connectivity index (χ0v) is 12.9. The molecule has 5 heteroatoms. The third-order valence-corrected chi connectivity index (χ3v) is 3.78. The summed E-state index contributed by atoms with van der Waals surface area (Å²) in [6.07, 6.45) is 0. The number of hydrogen-bond donors (Lipinski definition) is 1. The molecule has 0 radical (unpaired) electrons. The summed E-state index contributed by atoms with van der Waals surface area (Å²) in [4.78, 5) is 34.0. The summed E-state index contributed by atoms with van der Waals surface area (Å²) in [6.45, 7) is 1.26. The third kappa shape index (κ3) is 4.56. The molecule has 0 saturated carbocycles. The zero-order chi connectivity index (χ0) is 15.9. The van der Waals surface area contributed by atoms with Gasteiger partial charge in [-0.1, -0.05) is 54.2 Å². The van der Waals surface area contributed by atoms with Crippen LogP contribution in [0.5, 0.6) is 0 Å². The highest BCUT2D eigenvalue weighted by Gasteiger charge is 2.11. The van der Waals surface area contributed by atoms with Gasteiger partial charge in [0.05, 0.1) is 5.75 Å². The van der Waals surface area contributed by atoms with E-state index in [1.807, 2.05) is 42.5 Å². The van der Waals surface area contributed by atoms with E-state index in [1.165, 1.54) is 6.92 Å². The maximum Gasteiger partial charge on any atom is 0.237 e. The molecule has 0 heterocycles. The van der Waals surface area contributed by atoms with Crippen LogP contribution in [0, 0.1) is 0 Å². The van der Waals surface area contributed by atoms with Gasteiger partial charge in [0.2, 0.25) is 16.9 Å². The number of carbonyl (C=O) groups is 3. The van der Waals surface area contributed by atoms with Gasteiger partial charge in [-0.15, -0.1) is 0 Å². The lowest BCUT2D eigenvalue weighted by Crippen LogP contribution is -2.29. The summed E-state index contributed by atoms with van der Waals surface area (Å²) in [5.74, 6) is -0.962. The van der Waals surface area contributed by atoms with Gasteiger partial charge in [0.1, 0.15) is 0 Å². The summed E-state index contributed by atoms with van der Waals surface area (Å²) >= 11 is 0.878. The van der Waals surface area contributed by atoms with Gasteiger partial charge < -0.3 is 0 Å². The summed E-state index contributed by atoms with van der Waals surface area (Å²) < 4.78 is 0. The van der Waals surface area contributed by atoms with E-state index in [0.717, 1.165) is 22.9 Å². The highest BCUT2D eigenvalue weighted by atomic mass is 32.2. The molecule has 0 atom stereocenters. The van der Waals surface area contributed by atoms with Crippen LogP contribution in [-0.4, -0.2) is 22.7 Å². The average Bonchev–Trinajstić information content (AvgIpc) is 2.53. The van der Waals surface area contributed by atoms with Crippen molar-refractivity contribution in [3.63, 3.8) is 0 Å². The highest BCUT2D eigenvalue weighted by Crippen LogP contribution is 2.21. The zero-order valence-electron chi connectivity index (χ0n) is 12.0. The van der Waals surface area contributed by atoms with Gasteiger partial charge in [0.25, 0.3) is 0 Å². The number of benzene rings is 2. The normalized spacial score (nSPS) is 10.0. The van der Waals surface area contributed by atoms with Crippen LogP contribution in [0.2, 0.25) is 0 Å². The van der Waals surface area contributed by atoms with Crippen molar-refractivity contribution >= 4 is 28.7 Å². The molecule has 112 valence electrons. The molecule has 4 nitrogen and oxygen atoms in total. The van der Waals surface area contributed by atoms with Crippen molar-refractivity contribution < 1.29 is 14.4 Å². The molecule has 0 spiro atoms. The van der Waals surface area contributed by atoms with Crippen molar-refractivity contribution in [2.45, 2.75) is 6.92 Å². The van der Waals surface area contributed by atoms with Crippen molar-refractivity contribution in [3.05, 3.63) is 60.2 Å². The molecule has 2 amide bonds. The average molecular weight is 313 g/mol. The van der Waals surface area contributed by atoms with E-state index in [0.29, 0.717) is 5.56 Å². The molecule has 0 aliphatic carbocycles. The van der Waals surface area contributed by atoms with Crippen LogP contribution in [0.4, 0.5) is 0 Å². The fraction of sp³-hybridized carbons (Fsp3) is 0.118. The number of carbonyl (C=O) groups excluding carboxylic acids is 3. The molecule has 0 aromatic heterocycles. The quantitative estimate of drug-likeness (QED) is 0.942. The van der Waals surface area contributed by atoms with Gasteiger partial charge in [-0.3, -0.25) is 19.7 Å². The Balaban J connectivity index is 1.97. The summed E-state index contributed by atoms with van der Waals surface area (Å²) in [5, 5.41) is 1.93. The van der Waals surface area contributed by atoms with Gasteiger partial charge in [-0.2, -0.15) is 0 Å². The first-order valence-electron chi connectivity index (χ1n) is 6.69. The largest absolute Gasteiger partial charge is 0.296 e. The van der Waals surface area contributed by atoms with Crippen LogP contribution in [-0.2, 0) is 9.59 Å². The summed E-state index contributed by atoms with van der Waals surface area (Å²) in [7, 11) is 0. The lowest BCUT2D eigenvalue weighted by atomic mass is 10.0. The third-order valence-electron chi connectivity index (χ3n) is 2.88. The second-order valence-electron chi connectivity index (χ2n) is 4.62. The molecule has 2 aromatic carbocycles. The SMILES string of the molecule is CC(=O)NC(=O)CSC(=O)c1ccc(-c2ccccc2)cc1. The van der Waals surface area contributed by atoms with Crippen LogP contribution in [0.3, 0.4) is 0 Å². The topological polar surface area (TPSA) is 63.2 Å². The maximum absolute atomic E-state index is 12.0. The minimum Gasteiger partial charge on any atom is -0.296 e. The molecular formula is C17H15NO3S. The van der Waals surface area contributed by atoms with Gasteiger partial charge in [0.15, 0.2) is 0 Å². The molecule has 22 heavy (non-hydrogen) atoms. The lowest BCUT2D eigenvalue weighted by Gasteiger charge is -2.04. The van der Waals surface area contributed by atoms with Gasteiger partial charge in [-0.25, -0.2) is 0 Å². The minimum atomic E-state index is -0.466. The van der Waals surface area contributed by atoms with Crippen LogP contribution in [0.25, 0.3) is 11.1 Å². The fourth-order valence-electron chi connectivity index (χ4n) is 1.88. The molecular weight excluding hydrogens is 298 g/mol. The standard InChI is InChI=1S/C17H15NO3S/c1-12(19)18-16(20)11-22-17(21)15-9-7-14(8-10-15)13-5-3-2-4-6-13/h2-10H,11H2,1H3,(H,18,19,20). The first-order valence-corrected chi connectivity index (χ1v) is 7.68. The Hall–Kier alpha value is -2.40. The van der Waals surface area contributed by atoms with Crippen LogP contribution in [0.1, 0.15) is 17.3 Å². The number of thioether (sulfide) groups is 1. The van der Waals surface area contributed by atoms with Gasteiger partial charge in [0, 0.05) is 12.5 Å². The maximum atomic E-state index is 12.0. The Morgan fingerprint density at radius 1 is 0.909 bits per heavy atom. The Labute approximate surface area is 132 Å². The molecule has 2 aromatic rings. The molecule has 0 aliphatic heterocycles. The van der Waals surface area contributed by atoms with E-state index >= 15 is 0 Å². The van der Waals surface area contributed by atoms with E-state index in [9.17, 15) is 14.4 Å². The van der Waals surface area contributed by atoms with Gasteiger partial charge >= 0.3 is 0 Å². The second kappa shape index (κ2) is 7.56. The van der Waals surface area contributed by atoms with Gasteiger partial charge in [-0.05, 0) is 23.3 Å². The molecule has 0 bridgehead atoms. The highest BCUT2D eigenvalue weighted by molar-refractivity contribution is 8.14. The van der Waals surface area contributed by atoms with Crippen molar-refractivity contribution in [1.29, 1.82) is 0 Å². The van der Waals surface area contributed by atoms with Crippen LogP contribution in [0.15, 0.2) is 54.6 Å². The summed E-state index contributed by atoms with van der Waals surface area (Å²) in [6, 6.07) is 17.1. The van der Waals surface area contributed by atoms with Crippen molar-refractivity contribution in [1.82, 2.24) is 5.32 Å². The fourth-order valence-corrected chi connectivity index (χ4v) is 2.51. The first-order chi connectivity index (χ1) is 10.6. The van der Waals surface area contributed by atoms with E-state index < -0.39 is 11.8 Å². The minimum absolute atomic E-state index is 0.0706. The summed E-state index contributed by atoms with van der Waals surface area (Å²) in [5.41, 5.74) is 2.63. The van der Waals surface area contributed by atoms with E-state index in [-0.39, 0.29) is 10.9 Å². The molecule has 2 rings (SSSR count). The predicted molar refractivity (Wildman–Crippen MR) is 87.5 cm³/mol. The monoisotopic (exact) mass is 313 g/mol. The van der Waals surface area contributed by atoms with E-state index in [4.69, 9.17) is 0 Å². The molecule has 0 saturated heterocycles. The molecule has 0 fully saturated rings. The number of rotatable bonds is 4. The number of imide groups is 1. The Morgan fingerprint density at radius 3 is 2.09 bits per heavy atom. The Bertz CT molecular complexity index is 681. The predicted octanol–water partition coefficient (Wildman–Crippen LogP) is 2.89. The van der Waals surface area contributed by atoms with E-state index in [1.54, 1.807) is 12.1 Å². The van der Waals surface area contributed by atoms with Crippen molar-refractivity contribution in [2.75, 3.05) is 5.75 Å².